The summed E-state index contributed by atoms with van der Waals surface area (Å²) >= 11 is 0. The summed E-state index contributed by atoms with van der Waals surface area (Å²) in [5.74, 6) is 0.843. The average Bonchev–Trinajstić information content (AvgIpc) is 2.39. The summed E-state index contributed by atoms with van der Waals surface area (Å²) in [6.07, 6.45) is 6.18. The average molecular weight is 250 g/mol. The van der Waals surface area contributed by atoms with E-state index in [1.807, 2.05) is 24.3 Å². The van der Waals surface area contributed by atoms with Crippen molar-refractivity contribution in [3.05, 3.63) is 29.8 Å². The quantitative estimate of drug-likeness (QED) is 0.655. The molecule has 0 saturated carbocycles. The highest BCUT2D eigenvalue weighted by Crippen LogP contribution is 2.28. The van der Waals surface area contributed by atoms with E-state index in [1.165, 1.54) is 19.3 Å². The van der Waals surface area contributed by atoms with Crippen LogP contribution < -0.4 is 4.74 Å². The Hall–Kier alpha value is -1.02. The number of para-hydroxylation sites is 1. The van der Waals surface area contributed by atoms with Gasteiger partial charge in [0.15, 0.2) is 0 Å². The van der Waals surface area contributed by atoms with Gasteiger partial charge in [0.05, 0.1) is 12.7 Å². The molecule has 1 N–H and O–H groups in total. The first-order valence-electron chi connectivity index (χ1n) is 7.19. The third kappa shape index (κ3) is 5.09. The zero-order valence-corrected chi connectivity index (χ0v) is 11.7. The third-order valence-electron chi connectivity index (χ3n) is 3.10. The fraction of sp³-hybridized carbons (Fsp3) is 0.625. The lowest BCUT2D eigenvalue weighted by molar-refractivity contribution is 0.160. The molecule has 0 fully saturated rings. The molecule has 1 aromatic carbocycles. The molecule has 0 aromatic heterocycles. The van der Waals surface area contributed by atoms with E-state index in [0.717, 1.165) is 37.2 Å². The van der Waals surface area contributed by atoms with Crippen LogP contribution in [0.4, 0.5) is 0 Å². The Kier molecular flexibility index (Phi) is 7.51. The van der Waals surface area contributed by atoms with Crippen LogP contribution in [0.5, 0.6) is 5.75 Å². The second-order valence-corrected chi connectivity index (χ2v) is 4.75. The fourth-order valence-corrected chi connectivity index (χ4v) is 2.03. The molecule has 102 valence electrons. The Balaban J connectivity index is 2.48. The smallest absolute Gasteiger partial charge is 0.125 e. The molecule has 0 spiro atoms. The van der Waals surface area contributed by atoms with Gasteiger partial charge < -0.3 is 9.84 Å². The lowest BCUT2D eigenvalue weighted by Gasteiger charge is -2.15. The predicted molar refractivity (Wildman–Crippen MR) is 75.9 cm³/mol. The lowest BCUT2D eigenvalue weighted by Crippen LogP contribution is -2.04. The molecule has 2 heteroatoms. The van der Waals surface area contributed by atoms with Crippen molar-refractivity contribution < 1.29 is 9.84 Å². The monoisotopic (exact) mass is 250 g/mol. The van der Waals surface area contributed by atoms with E-state index in [-0.39, 0.29) is 0 Å². The first-order chi connectivity index (χ1) is 8.79. The van der Waals surface area contributed by atoms with Crippen LogP contribution in [0.1, 0.15) is 64.0 Å². The molecular formula is C16H26O2. The SMILES string of the molecule is CCCCCCOc1ccccc1C(O)CCC. The van der Waals surface area contributed by atoms with Gasteiger partial charge in [-0.2, -0.15) is 0 Å². The Bertz CT molecular complexity index is 323. The van der Waals surface area contributed by atoms with Crippen LogP contribution >= 0.6 is 0 Å². The molecule has 1 atom stereocenters. The number of aliphatic hydroxyl groups excluding tert-OH is 1. The summed E-state index contributed by atoms with van der Waals surface area (Å²) in [5.41, 5.74) is 0.926. The first-order valence-corrected chi connectivity index (χ1v) is 7.19. The van der Waals surface area contributed by atoms with E-state index in [2.05, 4.69) is 13.8 Å². The van der Waals surface area contributed by atoms with Gasteiger partial charge in [-0.25, -0.2) is 0 Å². The molecule has 0 aliphatic heterocycles. The molecule has 1 aromatic rings. The Labute approximate surface area is 111 Å². The summed E-state index contributed by atoms with van der Waals surface area (Å²) in [7, 11) is 0. The van der Waals surface area contributed by atoms with Crippen LogP contribution in [0.25, 0.3) is 0 Å². The number of hydrogen-bond acceptors (Lipinski definition) is 2. The molecule has 0 aliphatic rings. The molecule has 1 unspecified atom stereocenters. The first kappa shape index (κ1) is 15.0. The molecule has 0 amide bonds. The Morgan fingerprint density at radius 2 is 1.83 bits per heavy atom. The van der Waals surface area contributed by atoms with Crippen molar-refractivity contribution in [3.63, 3.8) is 0 Å². The topological polar surface area (TPSA) is 29.5 Å². The zero-order chi connectivity index (χ0) is 13.2. The molecule has 2 nitrogen and oxygen atoms in total. The van der Waals surface area contributed by atoms with E-state index >= 15 is 0 Å². The maximum Gasteiger partial charge on any atom is 0.125 e. The maximum absolute atomic E-state index is 10.1. The number of aliphatic hydroxyl groups is 1. The second kappa shape index (κ2) is 8.98. The number of hydrogen-bond donors (Lipinski definition) is 1. The van der Waals surface area contributed by atoms with Crippen LogP contribution in [-0.4, -0.2) is 11.7 Å². The largest absolute Gasteiger partial charge is 0.493 e. The summed E-state index contributed by atoms with van der Waals surface area (Å²) in [4.78, 5) is 0. The number of rotatable bonds is 9. The van der Waals surface area contributed by atoms with Crippen molar-refractivity contribution in [2.75, 3.05) is 6.61 Å². The van der Waals surface area contributed by atoms with E-state index in [4.69, 9.17) is 4.74 Å². The molecular weight excluding hydrogens is 224 g/mol. The molecule has 0 saturated heterocycles. The molecule has 0 heterocycles. The van der Waals surface area contributed by atoms with Crippen molar-refractivity contribution in [2.24, 2.45) is 0 Å². The molecule has 0 aliphatic carbocycles. The van der Waals surface area contributed by atoms with Gasteiger partial charge in [0.2, 0.25) is 0 Å². The number of ether oxygens (including phenoxy) is 1. The van der Waals surface area contributed by atoms with Gasteiger partial charge in [0, 0.05) is 5.56 Å². The molecule has 1 rings (SSSR count). The van der Waals surface area contributed by atoms with E-state index < -0.39 is 6.10 Å². The predicted octanol–water partition coefficient (Wildman–Crippen LogP) is 4.48. The minimum atomic E-state index is -0.401. The summed E-state index contributed by atoms with van der Waals surface area (Å²) in [6, 6.07) is 7.83. The normalized spacial score (nSPS) is 12.4. The van der Waals surface area contributed by atoms with E-state index in [0.29, 0.717) is 0 Å². The molecule has 0 radical (unpaired) electrons. The van der Waals surface area contributed by atoms with E-state index in [1.54, 1.807) is 0 Å². The highest BCUT2D eigenvalue weighted by atomic mass is 16.5. The zero-order valence-electron chi connectivity index (χ0n) is 11.7. The van der Waals surface area contributed by atoms with Gasteiger partial charge in [0.25, 0.3) is 0 Å². The van der Waals surface area contributed by atoms with Crippen LogP contribution in [0.15, 0.2) is 24.3 Å². The van der Waals surface area contributed by atoms with Gasteiger partial charge in [0.1, 0.15) is 5.75 Å². The minimum absolute atomic E-state index is 0.401. The van der Waals surface area contributed by atoms with Gasteiger partial charge >= 0.3 is 0 Å². The summed E-state index contributed by atoms with van der Waals surface area (Å²) < 4.78 is 5.79. The second-order valence-electron chi connectivity index (χ2n) is 4.75. The van der Waals surface area contributed by atoms with Gasteiger partial charge in [-0.15, -0.1) is 0 Å². The van der Waals surface area contributed by atoms with Crippen molar-refractivity contribution in [2.45, 2.75) is 58.5 Å². The van der Waals surface area contributed by atoms with Gasteiger partial charge in [-0.05, 0) is 18.9 Å². The Morgan fingerprint density at radius 1 is 1.06 bits per heavy atom. The van der Waals surface area contributed by atoms with Gasteiger partial charge in [-0.3, -0.25) is 0 Å². The highest BCUT2D eigenvalue weighted by Gasteiger charge is 2.11. The van der Waals surface area contributed by atoms with Crippen molar-refractivity contribution >= 4 is 0 Å². The van der Waals surface area contributed by atoms with Crippen LogP contribution in [-0.2, 0) is 0 Å². The van der Waals surface area contributed by atoms with Crippen LogP contribution in [0.2, 0.25) is 0 Å². The van der Waals surface area contributed by atoms with Crippen LogP contribution in [0, 0.1) is 0 Å². The molecule has 0 bridgehead atoms. The van der Waals surface area contributed by atoms with Crippen LogP contribution in [0.3, 0.4) is 0 Å². The minimum Gasteiger partial charge on any atom is -0.493 e. The molecule has 18 heavy (non-hydrogen) atoms. The summed E-state index contributed by atoms with van der Waals surface area (Å²) in [6.45, 7) is 5.03. The Morgan fingerprint density at radius 3 is 2.56 bits per heavy atom. The highest BCUT2D eigenvalue weighted by molar-refractivity contribution is 5.35. The third-order valence-corrected chi connectivity index (χ3v) is 3.10. The standard InChI is InChI=1S/C16H26O2/c1-3-5-6-9-13-18-16-12-8-7-11-14(16)15(17)10-4-2/h7-8,11-12,15,17H,3-6,9-10,13H2,1-2H3. The number of benzene rings is 1. The van der Waals surface area contributed by atoms with Crippen molar-refractivity contribution in [1.29, 1.82) is 0 Å². The number of unbranched alkanes of at least 4 members (excludes halogenated alkanes) is 3. The maximum atomic E-state index is 10.1. The lowest BCUT2D eigenvalue weighted by atomic mass is 10.0. The summed E-state index contributed by atoms with van der Waals surface area (Å²) in [5, 5.41) is 10.1. The van der Waals surface area contributed by atoms with Crippen molar-refractivity contribution in [1.82, 2.24) is 0 Å². The van der Waals surface area contributed by atoms with E-state index in [9.17, 15) is 5.11 Å². The van der Waals surface area contributed by atoms with Gasteiger partial charge in [-0.1, -0.05) is 57.7 Å². The van der Waals surface area contributed by atoms with Crippen molar-refractivity contribution in [3.8, 4) is 5.75 Å². The fourth-order valence-electron chi connectivity index (χ4n) is 2.03.